The van der Waals surface area contributed by atoms with E-state index in [-0.39, 0.29) is 24.4 Å². The number of nitrogens with two attached hydrogens (primary N) is 1. The molecule has 2 aromatic heterocycles. The van der Waals surface area contributed by atoms with E-state index in [0.717, 1.165) is 36.1 Å². The number of anilines is 1. The third-order valence-corrected chi connectivity index (χ3v) is 7.47. The Morgan fingerprint density at radius 3 is 2.61 bits per heavy atom. The van der Waals surface area contributed by atoms with Crippen LogP contribution in [0.5, 0.6) is 11.5 Å². The van der Waals surface area contributed by atoms with Crippen molar-refractivity contribution < 1.29 is 24.8 Å². The first kappa shape index (κ1) is 32.4. The largest absolute Gasteiger partial charge is 0.668 e. The fourth-order valence-corrected chi connectivity index (χ4v) is 5.17. The summed E-state index contributed by atoms with van der Waals surface area (Å²) in [5, 5.41) is 30.3. The van der Waals surface area contributed by atoms with E-state index in [1.165, 1.54) is 25.7 Å². The third-order valence-electron chi connectivity index (χ3n) is 7.47. The van der Waals surface area contributed by atoms with Gasteiger partial charge < -0.3 is 35.5 Å². The summed E-state index contributed by atoms with van der Waals surface area (Å²) in [7, 11) is 0. The van der Waals surface area contributed by atoms with E-state index in [1.807, 2.05) is 36.4 Å². The van der Waals surface area contributed by atoms with E-state index in [4.69, 9.17) is 15.2 Å². The lowest BCUT2D eigenvalue weighted by Crippen LogP contribution is -2.23. The summed E-state index contributed by atoms with van der Waals surface area (Å²) >= 11 is 0. The van der Waals surface area contributed by atoms with E-state index in [1.54, 1.807) is 18.5 Å². The molecule has 41 heavy (non-hydrogen) atoms. The molecule has 0 spiro atoms. The van der Waals surface area contributed by atoms with Gasteiger partial charge in [-0.25, -0.2) is 4.98 Å². The van der Waals surface area contributed by atoms with Crippen molar-refractivity contribution in [3.63, 3.8) is 0 Å². The predicted octanol–water partition coefficient (Wildman–Crippen LogP) is 5.54. The van der Waals surface area contributed by atoms with Crippen molar-refractivity contribution in [2.75, 3.05) is 25.6 Å². The number of unbranched alkanes of at least 4 members (excludes halogenated alkanes) is 4. The van der Waals surface area contributed by atoms with Crippen LogP contribution in [0, 0.1) is 0 Å². The summed E-state index contributed by atoms with van der Waals surface area (Å²) in [6.45, 7) is 2.90. The van der Waals surface area contributed by atoms with E-state index in [9.17, 15) is 15.3 Å². The highest BCUT2D eigenvalue weighted by molar-refractivity contribution is 5.42. The molecule has 0 saturated carbocycles. The molecule has 0 aliphatic rings. The van der Waals surface area contributed by atoms with Crippen LogP contribution in [0.15, 0.2) is 54.9 Å². The molecule has 2 heterocycles. The Hall–Kier alpha value is -3.07. The highest BCUT2D eigenvalue weighted by atomic mass is 16.5. The van der Waals surface area contributed by atoms with Gasteiger partial charge >= 0.3 is 0 Å². The number of benzene rings is 1. The summed E-state index contributed by atoms with van der Waals surface area (Å²) in [5.41, 5.74) is 9.01. The van der Waals surface area contributed by atoms with Crippen molar-refractivity contribution in [2.45, 2.75) is 95.7 Å². The molecule has 226 valence electrons. The van der Waals surface area contributed by atoms with E-state index in [0.29, 0.717) is 50.5 Å². The zero-order valence-electron chi connectivity index (χ0n) is 24.5. The first-order chi connectivity index (χ1) is 20.0. The Morgan fingerprint density at radius 1 is 1.00 bits per heavy atom. The van der Waals surface area contributed by atoms with Gasteiger partial charge in [0.05, 0.1) is 32.0 Å². The van der Waals surface area contributed by atoms with Crippen LogP contribution in [0.2, 0.25) is 0 Å². The summed E-state index contributed by atoms with van der Waals surface area (Å²) in [5.74, 6) is 1.16. The molecule has 1 aromatic carbocycles. The minimum absolute atomic E-state index is 0.0134. The maximum atomic E-state index is 10.7. The van der Waals surface area contributed by atoms with Gasteiger partial charge in [-0.3, -0.25) is 0 Å². The number of aryl methyl sites for hydroxylation is 1. The Bertz CT molecular complexity index is 1110. The lowest BCUT2D eigenvalue weighted by atomic mass is 9.92. The second kappa shape index (κ2) is 18.4. The molecular formula is C33H48N3O5-. The second-order valence-corrected chi connectivity index (χ2v) is 10.8. The fourth-order valence-electron chi connectivity index (χ4n) is 5.17. The maximum Gasteiger partial charge on any atom is 0.161 e. The minimum atomic E-state index is -0.508. The van der Waals surface area contributed by atoms with Crippen LogP contribution >= 0.6 is 0 Å². The number of pyridine rings is 1. The van der Waals surface area contributed by atoms with E-state index in [2.05, 4.69) is 16.9 Å². The Morgan fingerprint density at radius 2 is 1.85 bits per heavy atom. The molecule has 3 atom stereocenters. The molecule has 3 rings (SSSR count). The molecule has 3 aromatic rings. The van der Waals surface area contributed by atoms with Crippen LogP contribution in [0.1, 0.15) is 87.4 Å². The van der Waals surface area contributed by atoms with Gasteiger partial charge in [-0.1, -0.05) is 57.2 Å². The molecule has 0 unspecified atom stereocenters. The number of aliphatic hydroxyl groups excluding tert-OH is 2. The van der Waals surface area contributed by atoms with Gasteiger partial charge in [-0.05, 0) is 79.8 Å². The molecule has 5 N–H and O–H groups in total. The highest BCUT2D eigenvalue weighted by Gasteiger charge is 2.17. The van der Waals surface area contributed by atoms with Crippen molar-refractivity contribution in [2.24, 2.45) is 0 Å². The SMILES string of the molecule is CCCCCCC[C@@H](C[C@H](O)CCc1ccc(O)c(OCC[C@H](Cc2ccc[n-]2)c2ccnc(N)c2)c1)OCCO. The Kier molecular flexibility index (Phi) is 14.5. The van der Waals surface area contributed by atoms with Crippen LogP contribution in [-0.2, 0) is 17.6 Å². The lowest BCUT2D eigenvalue weighted by molar-refractivity contribution is -0.00844. The van der Waals surface area contributed by atoms with Crippen molar-refractivity contribution in [1.82, 2.24) is 9.97 Å². The number of rotatable bonds is 21. The lowest BCUT2D eigenvalue weighted by Gasteiger charge is -2.21. The van der Waals surface area contributed by atoms with Gasteiger partial charge in [-0.2, -0.15) is 11.9 Å². The van der Waals surface area contributed by atoms with Crippen molar-refractivity contribution >= 4 is 5.82 Å². The van der Waals surface area contributed by atoms with Gasteiger partial charge in [0.1, 0.15) is 5.82 Å². The average Bonchev–Trinajstić information content (AvgIpc) is 3.48. The topological polar surface area (TPSA) is 132 Å². The second-order valence-electron chi connectivity index (χ2n) is 10.8. The van der Waals surface area contributed by atoms with E-state index < -0.39 is 6.10 Å². The van der Waals surface area contributed by atoms with Crippen molar-refractivity contribution in [1.29, 1.82) is 0 Å². The molecule has 0 saturated heterocycles. The molecule has 0 fully saturated rings. The van der Waals surface area contributed by atoms with Crippen LogP contribution < -0.4 is 15.5 Å². The minimum Gasteiger partial charge on any atom is -0.668 e. The molecule has 8 heteroatoms. The number of phenolic OH excluding ortho intramolecular Hbond substituents is 1. The highest BCUT2D eigenvalue weighted by Crippen LogP contribution is 2.30. The average molecular weight is 567 g/mol. The molecule has 0 radical (unpaired) electrons. The molecular weight excluding hydrogens is 518 g/mol. The first-order valence-electron chi connectivity index (χ1n) is 15.1. The summed E-state index contributed by atoms with van der Waals surface area (Å²) in [6.07, 6.45) is 13.0. The number of hydrogen-bond acceptors (Lipinski definition) is 7. The number of hydrogen-bond donors (Lipinski definition) is 4. The first-order valence-corrected chi connectivity index (χ1v) is 15.1. The van der Waals surface area contributed by atoms with Crippen molar-refractivity contribution in [3.8, 4) is 11.5 Å². The quantitative estimate of drug-likeness (QED) is 0.124. The van der Waals surface area contributed by atoms with Gasteiger partial charge in [0, 0.05) is 6.20 Å². The number of ether oxygens (including phenoxy) is 2. The van der Waals surface area contributed by atoms with Gasteiger partial charge in [0.15, 0.2) is 11.5 Å². The molecule has 8 nitrogen and oxygen atoms in total. The van der Waals surface area contributed by atoms with Crippen LogP contribution in [-0.4, -0.2) is 52.3 Å². The number of aromatic nitrogens is 2. The zero-order chi connectivity index (χ0) is 29.3. The monoisotopic (exact) mass is 566 g/mol. The zero-order valence-corrected chi connectivity index (χ0v) is 24.5. The predicted molar refractivity (Wildman–Crippen MR) is 162 cm³/mol. The number of aromatic hydroxyl groups is 1. The summed E-state index contributed by atoms with van der Waals surface area (Å²) < 4.78 is 11.9. The van der Waals surface area contributed by atoms with Crippen LogP contribution in [0.3, 0.4) is 0 Å². The van der Waals surface area contributed by atoms with Crippen LogP contribution in [0.25, 0.3) is 0 Å². The molecule has 0 aliphatic carbocycles. The standard InChI is InChI=1S/C33H48N3O5/c1-2-3-4-5-6-9-30(40-20-18-37)24-29(38)12-10-25-11-13-31(39)32(21-25)41-19-15-27(22-28-8-7-16-35-28)26-14-17-36-33(34)23-26/h7-8,11,13-14,16-17,21,23,27,29-30,37-39H,2-6,9-10,12,15,18-20,22,24H2,1H3,(H2,34,36)/q-1/t27-,29-,30+/m1/s1. The fraction of sp³-hybridized carbons (Fsp3) is 0.545. The number of phenols is 1. The third kappa shape index (κ3) is 12.1. The van der Waals surface area contributed by atoms with Gasteiger partial charge in [0.25, 0.3) is 0 Å². The van der Waals surface area contributed by atoms with Gasteiger partial charge in [0.2, 0.25) is 0 Å². The summed E-state index contributed by atoms with van der Waals surface area (Å²) in [6, 6.07) is 13.2. The summed E-state index contributed by atoms with van der Waals surface area (Å²) in [4.78, 5) is 8.53. The molecule has 0 amide bonds. The van der Waals surface area contributed by atoms with Gasteiger partial charge in [-0.15, -0.1) is 0 Å². The van der Waals surface area contributed by atoms with Crippen molar-refractivity contribution in [3.05, 3.63) is 71.7 Å². The van der Waals surface area contributed by atoms with Crippen LogP contribution in [0.4, 0.5) is 5.82 Å². The van der Waals surface area contributed by atoms with E-state index >= 15 is 0 Å². The normalized spacial score (nSPS) is 13.6. The molecule has 0 aliphatic heterocycles. The number of nitrogens with zero attached hydrogens (tertiary/aromatic N) is 2. The number of aliphatic hydroxyl groups is 2. The molecule has 0 bridgehead atoms. The Labute approximate surface area is 244 Å². The number of nitrogen functional groups attached to an aromatic ring is 1. The maximum absolute atomic E-state index is 10.7. The Balaban J connectivity index is 1.51. The smallest absolute Gasteiger partial charge is 0.161 e.